The van der Waals surface area contributed by atoms with Crippen molar-refractivity contribution in [3.63, 3.8) is 0 Å². The molecule has 0 saturated carbocycles. The predicted octanol–water partition coefficient (Wildman–Crippen LogP) is 11.2. The molecule has 0 fully saturated rings. The lowest BCUT2D eigenvalue weighted by Crippen LogP contribution is -1.94. The zero-order valence-electron chi connectivity index (χ0n) is 22.9. The van der Waals surface area contributed by atoms with Crippen molar-refractivity contribution in [3.8, 4) is 33.4 Å². The van der Waals surface area contributed by atoms with Crippen LogP contribution < -0.4 is 0 Å². The van der Waals surface area contributed by atoms with E-state index >= 15 is 0 Å². The van der Waals surface area contributed by atoms with Crippen molar-refractivity contribution in [1.82, 2.24) is 0 Å². The van der Waals surface area contributed by atoms with Crippen LogP contribution in [0.1, 0.15) is 30.0 Å². The third-order valence-electron chi connectivity index (χ3n) is 8.40. The van der Waals surface area contributed by atoms with Gasteiger partial charge in [0.25, 0.3) is 0 Å². The first-order chi connectivity index (χ1) is 19.1. The second kappa shape index (κ2) is 9.40. The Hall–Kier alpha value is -4.42. The quantitative estimate of drug-likeness (QED) is 0.206. The lowest BCUT2D eigenvalue weighted by Gasteiger charge is -2.18. The Balaban J connectivity index is 1.46. The molecule has 0 bridgehead atoms. The van der Waals surface area contributed by atoms with Crippen LogP contribution in [0.15, 0.2) is 115 Å². The van der Waals surface area contributed by atoms with Crippen LogP contribution >= 0.6 is 0 Å². The van der Waals surface area contributed by atoms with Gasteiger partial charge in [0.15, 0.2) is 0 Å². The molecular formula is C39H32. The molecule has 39 heavy (non-hydrogen) atoms. The van der Waals surface area contributed by atoms with Crippen molar-refractivity contribution >= 4 is 32.3 Å². The van der Waals surface area contributed by atoms with E-state index in [2.05, 4.69) is 136 Å². The first-order valence-corrected chi connectivity index (χ1v) is 14.1. The molecule has 0 aliphatic rings. The highest BCUT2D eigenvalue weighted by Gasteiger charge is 2.16. The van der Waals surface area contributed by atoms with Gasteiger partial charge < -0.3 is 0 Å². The fourth-order valence-corrected chi connectivity index (χ4v) is 6.41. The first-order valence-electron chi connectivity index (χ1n) is 14.1. The monoisotopic (exact) mass is 500 g/mol. The maximum atomic E-state index is 2.44. The van der Waals surface area contributed by atoms with Crippen molar-refractivity contribution in [2.24, 2.45) is 0 Å². The minimum atomic E-state index is 1.07. The fraction of sp³-hybridized carbons (Fsp3) is 0.128. The molecule has 0 saturated heterocycles. The normalized spacial score (nSPS) is 11.7. The van der Waals surface area contributed by atoms with Crippen molar-refractivity contribution in [1.29, 1.82) is 0 Å². The molecule has 0 aromatic heterocycles. The molecule has 7 aromatic rings. The van der Waals surface area contributed by atoms with Gasteiger partial charge in [-0.05, 0) is 97.1 Å². The maximum absolute atomic E-state index is 2.44. The van der Waals surface area contributed by atoms with Gasteiger partial charge in [-0.2, -0.15) is 0 Å². The SMILES string of the molecule is CCCc1cc(-c2ccc3ccc4c(-c5ccc(C)cc5)ccc5ccc2c3c54)ccc1-c1ccccc1C. The predicted molar refractivity (Wildman–Crippen MR) is 170 cm³/mol. The van der Waals surface area contributed by atoms with Gasteiger partial charge in [-0.25, -0.2) is 0 Å². The number of rotatable bonds is 5. The third kappa shape index (κ3) is 3.91. The number of benzene rings is 7. The van der Waals surface area contributed by atoms with Gasteiger partial charge in [-0.1, -0.05) is 134 Å². The molecule has 0 heteroatoms. The van der Waals surface area contributed by atoms with Gasteiger partial charge in [-0.15, -0.1) is 0 Å². The largest absolute Gasteiger partial charge is 0.0651 e. The van der Waals surface area contributed by atoms with E-state index in [1.165, 1.54) is 82.4 Å². The summed E-state index contributed by atoms with van der Waals surface area (Å²) in [5, 5.41) is 8.01. The van der Waals surface area contributed by atoms with Crippen LogP contribution in [0.4, 0.5) is 0 Å². The molecule has 0 heterocycles. The smallest absolute Gasteiger partial charge is 0.00203 e. The zero-order chi connectivity index (χ0) is 26.5. The van der Waals surface area contributed by atoms with E-state index < -0.39 is 0 Å². The molecule has 0 radical (unpaired) electrons. The van der Waals surface area contributed by atoms with Crippen LogP contribution in [0, 0.1) is 13.8 Å². The summed E-state index contributed by atoms with van der Waals surface area (Å²) in [6.07, 6.45) is 2.20. The van der Waals surface area contributed by atoms with Crippen LogP contribution in [-0.2, 0) is 6.42 Å². The van der Waals surface area contributed by atoms with Gasteiger partial charge >= 0.3 is 0 Å². The molecule has 0 nitrogen and oxygen atoms in total. The van der Waals surface area contributed by atoms with E-state index in [-0.39, 0.29) is 0 Å². The van der Waals surface area contributed by atoms with Crippen LogP contribution in [0.5, 0.6) is 0 Å². The molecule has 0 atom stereocenters. The van der Waals surface area contributed by atoms with Crippen LogP contribution in [0.2, 0.25) is 0 Å². The van der Waals surface area contributed by atoms with Crippen molar-refractivity contribution in [2.75, 3.05) is 0 Å². The van der Waals surface area contributed by atoms with Gasteiger partial charge in [0.05, 0.1) is 0 Å². The summed E-state index contributed by atoms with van der Waals surface area (Å²) in [4.78, 5) is 0. The maximum Gasteiger partial charge on any atom is -0.00203 e. The van der Waals surface area contributed by atoms with E-state index in [0.29, 0.717) is 0 Å². The Morgan fingerprint density at radius 3 is 1.69 bits per heavy atom. The molecule has 0 amide bonds. The number of hydrogen-bond donors (Lipinski definition) is 0. The van der Waals surface area contributed by atoms with Crippen LogP contribution in [0.3, 0.4) is 0 Å². The average Bonchev–Trinajstić information content (AvgIpc) is 2.97. The first kappa shape index (κ1) is 23.7. The summed E-state index contributed by atoms with van der Waals surface area (Å²) in [7, 11) is 0. The molecule has 0 aliphatic carbocycles. The Labute approximate surface area is 230 Å². The van der Waals surface area contributed by atoms with Crippen molar-refractivity contribution in [3.05, 3.63) is 132 Å². The van der Waals surface area contributed by atoms with Gasteiger partial charge in [0.2, 0.25) is 0 Å². The minimum absolute atomic E-state index is 1.07. The molecular weight excluding hydrogens is 468 g/mol. The topological polar surface area (TPSA) is 0 Å². The minimum Gasteiger partial charge on any atom is -0.0651 e. The van der Waals surface area contributed by atoms with Gasteiger partial charge in [0, 0.05) is 0 Å². The lowest BCUT2D eigenvalue weighted by molar-refractivity contribution is 0.924. The second-order valence-electron chi connectivity index (χ2n) is 11.0. The fourth-order valence-electron chi connectivity index (χ4n) is 6.41. The summed E-state index contributed by atoms with van der Waals surface area (Å²) in [5.41, 5.74) is 11.9. The van der Waals surface area contributed by atoms with Crippen molar-refractivity contribution < 1.29 is 0 Å². The molecule has 188 valence electrons. The highest BCUT2D eigenvalue weighted by atomic mass is 14.2. The summed E-state index contributed by atoms with van der Waals surface area (Å²) < 4.78 is 0. The Bertz CT molecular complexity index is 1970. The lowest BCUT2D eigenvalue weighted by atomic mass is 9.86. The van der Waals surface area contributed by atoms with E-state index in [0.717, 1.165) is 12.8 Å². The Morgan fingerprint density at radius 1 is 0.487 bits per heavy atom. The van der Waals surface area contributed by atoms with Gasteiger partial charge in [-0.3, -0.25) is 0 Å². The Morgan fingerprint density at radius 2 is 1.05 bits per heavy atom. The summed E-state index contributed by atoms with van der Waals surface area (Å²) >= 11 is 0. The Kier molecular flexibility index (Phi) is 5.71. The van der Waals surface area contributed by atoms with E-state index in [4.69, 9.17) is 0 Å². The molecule has 7 aromatic carbocycles. The highest BCUT2D eigenvalue weighted by molar-refractivity contribution is 6.27. The summed E-state index contributed by atoms with van der Waals surface area (Å²) in [6, 6.07) is 43.2. The zero-order valence-corrected chi connectivity index (χ0v) is 22.9. The van der Waals surface area contributed by atoms with E-state index in [1.807, 2.05) is 0 Å². The third-order valence-corrected chi connectivity index (χ3v) is 8.40. The molecule has 7 rings (SSSR count). The second-order valence-corrected chi connectivity index (χ2v) is 11.0. The average molecular weight is 501 g/mol. The standard InChI is InChI=1S/C39H32/c1-4-7-30-24-31(18-21-34(30)32-9-6-5-8-26(32)3)35-20-15-29-16-22-36-33(27-12-10-25(2)11-13-27)19-14-28-17-23-37(35)39(29)38(28)36/h5-6,8-24H,4,7H2,1-3H3. The molecule has 0 N–H and O–H groups in total. The molecule has 0 spiro atoms. The van der Waals surface area contributed by atoms with Crippen molar-refractivity contribution in [2.45, 2.75) is 33.6 Å². The van der Waals surface area contributed by atoms with Gasteiger partial charge in [0.1, 0.15) is 0 Å². The number of hydrogen-bond acceptors (Lipinski definition) is 0. The summed E-state index contributed by atoms with van der Waals surface area (Å²) in [5.74, 6) is 0. The van der Waals surface area contributed by atoms with E-state index in [1.54, 1.807) is 0 Å². The molecule has 0 aliphatic heterocycles. The number of aryl methyl sites for hydroxylation is 3. The summed E-state index contributed by atoms with van der Waals surface area (Å²) in [6.45, 7) is 6.63. The van der Waals surface area contributed by atoms with Crippen LogP contribution in [0.25, 0.3) is 65.7 Å². The van der Waals surface area contributed by atoms with Crippen LogP contribution in [-0.4, -0.2) is 0 Å². The van der Waals surface area contributed by atoms with E-state index in [9.17, 15) is 0 Å². The molecule has 0 unspecified atom stereocenters. The highest BCUT2D eigenvalue weighted by Crippen LogP contribution is 2.43.